The fourth-order valence-electron chi connectivity index (χ4n) is 5.38. The Balaban J connectivity index is 1.31. The Morgan fingerprint density at radius 2 is 1.91 bits per heavy atom. The number of hydrogen-bond donors (Lipinski definition) is 3. The molecule has 2 aromatic heterocycles. The number of anilines is 2. The van der Waals surface area contributed by atoms with Gasteiger partial charge in [0.05, 0.1) is 22.4 Å². The molecule has 1 aliphatic carbocycles. The Kier molecular flexibility index (Phi) is 8.04. The SMILES string of the molecule is Cc1ccc2c(NS(=O)(=O)C=C3CCC3)c(F)ccc2c1Oc1ncccc1-c1ccnc(N[C@H]2CCCN(C(=O)O)C2)n1. The number of fused-ring (bicyclic) bond motifs is 1. The number of benzene rings is 2. The number of carboxylic acid groups (broad SMARTS) is 1. The highest BCUT2D eigenvalue weighted by Gasteiger charge is 2.24. The molecule has 1 aliphatic heterocycles. The third kappa shape index (κ3) is 6.27. The Bertz CT molecular complexity index is 1880. The lowest BCUT2D eigenvalue weighted by Gasteiger charge is -2.31. The molecule has 1 saturated carbocycles. The minimum absolute atomic E-state index is 0.130. The van der Waals surface area contributed by atoms with Gasteiger partial charge in [0.25, 0.3) is 10.0 Å². The van der Waals surface area contributed by atoms with Crippen molar-refractivity contribution >= 4 is 38.5 Å². The maximum absolute atomic E-state index is 15.0. The van der Waals surface area contributed by atoms with Crippen molar-refractivity contribution in [2.45, 2.75) is 45.1 Å². The number of sulfonamides is 1. The molecule has 228 valence electrons. The van der Waals surface area contributed by atoms with Crippen LogP contribution in [0.2, 0.25) is 0 Å². The van der Waals surface area contributed by atoms with Crippen LogP contribution in [0.5, 0.6) is 11.6 Å². The van der Waals surface area contributed by atoms with E-state index >= 15 is 4.39 Å². The normalized spacial score (nSPS) is 16.7. The highest BCUT2D eigenvalue weighted by Crippen LogP contribution is 2.40. The molecule has 0 radical (unpaired) electrons. The van der Waals surface area contributed by atoms with Gasteiger partial charge in [-0.25, -0.2) is 32.6 Å². The Morgan fingerprint density at radius 1 is 1.09 bits per heavy atom. The van der Waals surface area contributed by atoms with Crippen LogP contribution in [0.1, 0.15) is 37.7 Å². The van der Waals surface area contributed by atoms with Gasteiger partial charge in [0.1, 0.15) is 11.6 Å². The Hall–Kier alpha value is -4.78. The van der Waals surface area contributed by atoms with E-state index < -0.39 is 21.9 Å². The fraction of sp³-hybridized carbons (Fsp3) is 0.290. The number of nitrogens with zero attached hydrogens (tertiary/aromatic N) is 4. The molecule has 0 bridgehead atoms. The van der Waals surface area contributed by atoms with Crippen molar-refractivity contribution in [1.29, 1.82) is 0 Å². The number of aryl methyl sites for hydroxylation is 1. The third-order valence-corrected chi connectivity index (χ3v) is 8.92. The van der Waals surface area contributed by atoms with Gasteiger partial charge in [-0.15, -0.1) is 0 Å². The van der Waals surface area contributed by atoms with E-state index in [-0.39, 0.29) is 17.6 Å². The summed E-state index contributed by atoms with van der Waals surface area (Å²) in [6, 6.07) is 11.3. The van der Waals surface area contributed by atoms with Crippen LogP contribution >= 0.6 is 0 Å². The number of piperidine rings is 1. The smallest absolute Gasteiger partial charge is 0.407 e. The molecule has 13 heteroatoms. The average Bonchev–Trinajstić information content (AvgIpc) is 2.98. The standard InChI is InChI=1S/C31H31FN6O5S/c1-19-9-10-22-23(11-12-25(32)27(22)37-44(41,42)18-20-5-2-6-20)28(19)43-29-24(8-3-14-33-29)26-13-15-34-30(36-26)35-21-7-4-16-38(17-21)31(39)40/h3,8-15,18,21,37H,2,4-7,16-17H2,1H3,(H,39,40)(H,34,35,36)/t21-/m0/s1. The maximum Gasteiger partial charge on any atom is 0.407 e. The predicted molar refractivity (Wildman–Crippen MR) is 165 cm³/mol. The zero-order chi connectivity index (χ0) is 30.8. The number of carbonyl (C=O) groups is 1. The number of hydrogen-bond acceptors (Lipinski definition) is 8. The van der Waals surface area contributed by atoms with Crippen LogP contribution < -0.4 is 14.8 Å². The number of halogens is 1. The van der Waals surface area contributed by atoms with Crippen molar-refractivity contribution in [3.63, 3.8) is 0 Å². The molecule has 1 saturated heterocycles. The molecule has 1 amide bonds. The summed E-state index contributed by atoms with van der Waals surface area (Å²) >= 11 is 0. The van der Waals surface area contributed by atoms with Gasteiger partial charge in [-0.3, -0.25) is 4.72 Å². The van der Waals surface area contributed by atoms with E-state index in [1.165, 1.54) is 16.4 Å². The molecular formula is C31H31FN6O5S. The molecule has 3 heterocycles. The Labute approximate surface area is 253 Å². The molecule has 11 nitrogen and oxygen atoms in total. The van der Waals surface area contributed by atoms with Crippen LogP contribution in [0, 0.1) is 12.7 Å². The van der Waals surface area contributed by atoms with Crippen molar-refractivity contribution in [2.75, 3.05) is 23.1 Å². The second-order valence-electron chi connectivity index (χ2n) is 10.9. The second kappa shape index (κ2) is 12.1. The van der Waals surface area contributed by atoms with E-state index in [1.54, 1.807) is 48.8 Å². The molecule has 44 heavy (non-hydrogen) atoms. The minimum atomic E-state index is -3.91. The van der Waals surface area contributed by atoms with E-state index in [0.29, 0.717) is 46.8 Å². The number of aromatic nitrogens is 3. The molecule has 6 rings (SSSR count). The van der Waals surface area contributed by atoms with Gasteiger partial charge in [0.2, 0.25) is 11.8 Å². The van der Waals surface area contributed by atoms with Crippen LogP contribution in [-0.2, 0) is 10.0 Å². The molecule has 2 fully saturated rings. The van der Waals surface area contributed by atoms with Crippen LogP contribution in [-0.4, -0.2) is 58.6 Å². The first kappa shape index (κ1) is 29.3. The Morgan fingerprint density at radius 3 is 2.68 bits per heavy atom. The lowest BCUT2D eigenvalue weighted by molar-refractivity contribution is 0.132. The van der Waals surface area contributed by atoms with Crippen molar-refractivity contribution in [2.24, 2.45) is 0 Å². The van der Waals surface area contributed by atoms with Gasteiger partial charge in [0.15, 0.2) is 0 Å². The predicted octanol–water partition coefficient (Wildman–Crippen LogP) is 6.30. The van der Waals surface area contributed by atoms with E-state index in [4.69, 9.17) is 4.74 Å². The summed E-state index contributed by atoms with van der Waals surface area (Å²) in [4.78, 5) is 26.2. The van der Waals surface area contributed by atoms with Gasteiger partial charge in [-0.05, 0) is 74.9 Å². The van der Waals surface area contributed by atoms with Crippen LogP contribution in [0.15, 0.2) is 65.8 Å². The van der Waals surface area contributed by atoms with Gasteiger partial charge in [0, 0.05) is 42.3 Å². The van der Waals surface area contributed by atoms with Gasteiger partial charge in [-0.1, -0.05) is 17.7 Å². The minimum Gasteiger partial charge on any atom is -0.465 e. The number of likely N-dealkylation sites (tertiary alicyclic amines) is 1. The first-order valence-electron chi connectivity index (χ1n) is 14.3. The molecule has 4 aromatic rings. The summed E-state index contributed by atoms with van der Waals surface area (Å²) in [5.41, 5.74) is 2.49. The topological polar surface area (TPSA) is 147 Å². The molecule has 1 atom stereocenters. The molecule has 0 unspecified atom stereocenters. The molecule has 3 N–H and O–H groups in total. The van der Waals surface area contributed by atoms with E-state index in [2.05, 4.69) is 25.0 Å². The maximum atomic E-state index is 15.0. The lowest BCUT2D eigenvalue weighted by Crippen LogP contribution is -2.44. The van der Waals surface area contributed by atoms with Crippen molar-refractivity contribution < 1.29 is 27.4 Å². The highest BCUT2D eigenvalue weighted by molar-refractivity contribution is 7.95. The van der Waals surface area contributed by atoms with Crippen molar-refractivity contribution in [3.05, 3.63) is 77.2 Å². The van der Waals surface area contributed by atoms with Gasteiger partial charge >= 0.3 is 6.09 Å². The number of rotatable bonds is 8. The average molecular weight is 619 g/mol. The lowest BCUT2D eigenvalue weighted by atomic mass is 9.95. The number of allylic oxidation sites excluding steroid dienone is 1. The molecule has 0 spiro atoms. The summed E-state index contributed by atoms with van der Waals surface area (Å²) in [7, 11) is -3.91. The first-order valence-corrected chi connectivity index (χ1v) is 15.9. The van der Waals surface area contributed by atoms with Crippen molar-refractivity contribution in [1.82, 2.24) is 19.9 Å². The molecule has 2 aliphatic rings. The van der Waals surface area contributed by atoms with Crippen LogP contribution in [0.25, 0.3) is 22.0 Å². The number of pyridine rings is 1. The highest BCUT2D eigenvalue weighted by atomic mass is 32.2. The second-order valence-corrected chi connectivity index (χ2v) is 12.5. The summed E-state index contributed by atoms with van der Waals surface area (Å²) in [5.74, 6) is 0.277. The first-order chi connectivity index (χ1) is 21.2. The van der Waals surface area contributed by atoms with Gasteiger partial charge in [-0.2, -0.15) is 0 Å². The van der Waals surface area contributed by atoms with E-state index in [1.807, 2.05) is 6.92 Å². The fourth-order valence-corrected chi connectivity index (χ4v) is 6.61. The summed E-state index contributed by atoms with van der Waals surface area (Å²) in [6.07, 6.45) is 6.13. The van der Waals surface area contributed by atoms with Gasteiger partial charge < -0.3 is 20.1 Å². The molecular weight excluding hydrogens is 587 g/mol. The number of ether oxygens (including phenoxy) is 1. The van der Waals surface area contributed by atoms with Crippen molar-refractivity contribution in [3.8, 4) is 22.9 Å². The zero-order valence-corrected chi connectivity index (χ0v) is 24.8. The number of amides is 1. The summed E-state index contributed by atoms with van der Waals surface area (Å²) in [5, 5.41) is 14.6. The van der Waals surface area contributed by atoms with Crippen LogP contribution in [0.3, 0.4) is 0 Å². The van der Waals surface area contributed by atoms with E-state index in [9.17, 15) is 18.3 Å². The van der Waals surface area contributed by atoms with Crippen LogP contribution in [0.4, 0.5) is 20.8 Å². The summed E-state index contributed by atoms with van der Waals surface area (Å²) < 4.78 is 49.4. The third-order valence-electron chi connectivity index (χ3n) is 7.79. The monoisotopic (exact) mass is 618 g/mol. The summed E-state index contributed by atoms with van der Waals surface area (Å²) in [6.45, 7) is 2.67. The largest absolute Gasteiger partial charge is 0.465 e. The quantitative estimate of drug-likeness (QED) is 0.207. The zero-order valence-electron chi connectivity index (χ0n) is 24.0. The number of nitrogens with one attached hydrogen (secondary N) is 2. The molecule has 2 aromatic carbocycles. The van der Waals surface area contributed by atoms with E-state index in [0.717, 1.165) is 43.2 Å².